The third-order valence-corrected chi connectivity index (χ3v) is 5.80. The first kappa shape index (κ1) is 13.5. The Morgan fingerprint density at radius 2 is 2.11 bits per heavy atom. The first-order valence-corrected chi connectivity index (χ1v) is 8.33. The van der Waals surface area contributed by atoms with E-state index in [2.05, 4.69) is 25.6 Å². The van der Waals surface area contributed by atoms with Gasteiger partial charge in [0.15, 0.2) is 0 Å². The highest BCUT2D eigenvalue weighted by atomic mass is 79.9. The smallest absolute Gasteiger partial charge is 0.271 e. The fourth-order valence-corrected chi connectivity index (χ4v) is 3.91. The summed E-state index contributed by atoms with van der Waals surface area (Å²) in [6.07, 6.45) is 2.30. The van der Waals surface area contributed by atoms with Crippen LogP contribution in [0.3, 0.4) is 0 Å². The van der Waals surface area contributed by atoms with E-state index in [0.717, 1.165) is 11.3 Å². The maximum absolute atomic E-state index is 12.1. The van der Waals surface area contributed by atoms with Gasteiger partial charge in [0.1, 0.15) is 8.81 Å². The van der Waals surface area contributed by atoms with Crippen LogP contribution >= 0.6 is 27.3 Å². The Hall–Kier alpha value is -0.920. The van der Waals surface area contributed by atoms with Crippen molar-refractivity contribution in [2.24, 2.45) is 0 Å². The van der Waals surface area contributed by atoms with Crippen LogP contribution in [0.15, 0.2) is 39.3 Å². The second-order valence-electron chi connectivity index (χ2n) is 3.55. The number of anilines is 1. The van der Waals surface area contributed by atoms with Crippen LogP contribution in [0.2, 0.25) is 0 Å². The van der Waals surface area contributed by atoms with Crippen molar-refractivity contribution in [2.75, 3.05) is 4.72 Å². The fourth-order valence-electron chi connectivity index (χ4n) is 1.33. The number of hydrogen-bond donors (Lipinski definition) is 1. The van der Waals surface area contributed by atoms with Gasteiger partial charge in [0.25, 0.3) is 10.0 Å². The van der Waals surface area contributed by atoms with Gasteiger partial charge in [-0.15, -0.1) is 11.3 Å². The zero-order valence-corrected chi connectivity index (χ0v) is 12.8. The Kier molecular flexibility index (Phi) is 4.04. The second-order valence-corrected chi connectivity index (χ2v) is 7.44. The first-order valence-electron chi connectivity index (χ1n) is 5.24. The molecule has 1 N–H and O–H groups in total. The van der Waals surface area contributed by atoms with Crippen LogP contribution in [0.5, 0.6) is 0 Å². The van der Waals surface area contributed by atoms with E-state index in [-0.39, 0.29) is 0 Å². The molecule has 2 heterocycles. The molecule has 4 nitrogen and oxygen atoms in total. The lowest BCUT2D eigenvalue weighted by atomic mass is 10.4. The quantitative estimate of drug-likeness (QED) is 0.864. The van der Waals surface area contributed by atoms with Crippen LogP contribution in [-0.4, -0.2) is 13.4 Å². The molecule has 0 aliphatic heterocycles. The Bertz CT molecular complexity index is 635. The molecule has 2 rings (SSSR count). The molecular formula is C11H11BrN2O2S2. The van der Waals surface area contributed by atoms with Crippen LogP contribution in [0.4, 0.5) is 5.69 Å². The summed E-state index contributed by atoms with van der Waals surface area (Å²) in [6.45, 7) is 1.99. The molecule has 0 unspecified atom stereocenters. The summed E-state index contributed by atoms with van der Waals surface area (Å²) in [5.74, 6) is 0. The van der Waals surface area contributed by atoms with Gasteiger partial charge in [-0.1, -0.05) is 6.92 Å². The molecule has 0 bridgehead atoms. The predicted octanol–water partition coefficient (Wildman–Crippen LogP) is 3.27. The van der Waals surface area contributed by atoms with E-state index in [1.807, 2.05) is 13.0 Å². The van der Waals surface area contributed by atoms with E-state index in [1.54, 1.807) is 18.2 Å². The molecule has 2 aromatic rings. The Balaban J connectivity index is 2.24. The van der Waals surface area contributed by atoms with Gasteiger partial charge in [0.05, 0.1) is 11.9 Å². The molecule has 0 spiro atoms. The van der Waals surface area contributed by atoms with E-state index in [9.17, 15) is 8.42 Å². The number of rotatable bonds is 4. The lowest BCUT2D eigenvalue weighted by Gasteiger charge is -2.05. The van der Waals surface area contributed by atoms with Crippen molar-refractivity contribution < 1.29 is 8.42 Å². The molecule has 0 saturated heterocycles. The molecule has 7 heteroatoms. The Morgan fingerprint density at radius 1 is 1.33 bits per heavy atom. The van der Waals surface area contributed by atoms with Crippen molar-refractivity contribution in [3.63, 3.8) is 0 Å². The molecule has 0 amide bonds. The number of aromatic nitrogens is 1. The third kappa shape index (κ3) is 3.09. The van der Waals surface area contributed by atoms with E-state index in [1.165, 1.54) is 17.5 Å². The molecule has 0 aliphatic rings. The van der Waals surface area contributed by atoms with Crippen LogP contribution < -0.4 is 4.72 Å². The van der Waals surface area contributed by atoms with Crippen LogP contribution in [0.25, 0.3) is 0 Å². The normalized spacial score (nSPS) is 11.4. The minimum Gasteiger partial charge on any atom is -0.277 e. The fraction of sp³-hybridized carbons (Fsp3) is 0.182. The molecule has 18 heavy (non-hydrogen) atoms. The van der Waals surface area contributed by atoms with Gasteiger partial charge in [-0.25, -0.2) is 13.4 Å². The molecule has 0 saturated carbocycles. The molecule has 96 valence electrons. The third-order valence-electron chi connectivity index (χ3n) is 2.23. The van der Waals surface area contributed by atoms with E-state index >= 15 is 0 Å². The monoisotopic (exact) mass is 346 g/mol. The predicted molar refractivity (Wildman–Crippen MR) is 76.4 cm³/mol. The van der Waals surface area contributed by atoms with Gasteiger partial charge in [-0.05, 0) is 46.6 Å². The number of thiophene rings is 1. The van der Waals surface area contributed by atoms with Crippen molar-refractivity contribution in [3.05, 3.63) is 39.9 Å². The summed E-state index contributed by atoms with van der Waals surface area (Å²) in [4.78, 5) is 5.02. The molecule has 0 atom stereocenters. The minimum absolute atomic E-state index is 0.322. The lowest BCUT2D eigenvalue weighted by molar-refractivity contribution is 0.603. The number of halogens is 1. The Morgan fingerprint density at radius 3 is 2.67 bits per heavy atom. The minimum atomic E-state index is -3.50. The zero-order chi connectivity index (χ0) is 13.2. The number of sulfonamides is 1. The van der Waals surface area contributed by atoms with E-state index in [0.29, 0.717) is 14.5 Å². The largest absolute Gasteiger partial charge is 0.277 e. The molecule has 0 fully saturated rings. The summed E-state index contributed by atoms with van der Waals surface area (Å²) in [7, 11) is -3.50. The number of hydrogen-bond acceptors (Lipinski definition) is 4. The lowest BCUT2D eigenvalue weighted by Crippen LogP contribution is -2.11. The van der Waals surface area contributed by atoms with Crippen LogP contribution in [-0.2, 0) is 16.4 Å². The maximum Gasteiger partial charge on any atom is 0.271 e. The SMILES string of the molecule is CCc1ccc(S(=O)(=O)Nc2ccc(Br)nc2)s1. The molecule has 0 radical (unpaired) electrons. The van der Waals surface area contributed by atoms with Crippen molar-refractivity contribution in [1.82, 2.24) is 4.98 Å². The zero-order valence-electron chi connectivity index (χ0n) is 9.55. The standard InChI is InChI=1S/C11H11BrN2O2S2/c1-2-9-4-6-11(17-9)18(15,16)14-8-3-5-10(12)13-7-8/h3-7,14H,2H2,1H3. The second kappa shape index (κ2) is 5.38. The van der Waals surface area contributed by atoms with Crippen molar-refractivity contribution in [1.29, 1.82) is 0 Å². The van der Waals surface area contributed by atoms with Gasteiger partial charge < -0.3 is 0 Å². The van der Waals surface area contributed by atoms with E-state index < -0.39 is 10.0 Å². The summed E-state index contributed by atoms with van der Waals surface area (Å²) in [5, 5.41) is 0. The number of aryl methyl sites for hydroxylation is 1. The van der Waals surface area contributed by atoms with Crippen LogP contribution in [0.1, 0.15) is 11.8 Å². The summed E-state index contributed by atoms with van der Waals surface area (Å²) in [6, 6.07) is 6.80. The van der Waals surface area contributed by atoms with Gasteiger partial charge in [0, 0.05) is 4.88 Å². The van der Waals surface area contributed by atoms with Crippen LogP contribution in [0, 0.1) is 0 Å². The van der Waals surface area contributed by atoms with Crippen molar-refractivity contribution in [2.45, 2.75) is 17.6 Å². The highest BCUT2D eigenvalue weighted by molar-refractivity contribution is 9.10. The average Bonchev–Trinajstić information content (AvgIpc) is 2.81. The maximum atomic E-state index is 12.1. The van der Waals surface area contributed by atoms with Gasteiger partial charge in [0.2, 0.25) is 0 Å². The van der Waals surface area contributed by atoms with Gasteiger partial charge in [-0.2, -0.15) is 0 Å². The highest BCUT2D eigenvalue weighted by Gasteiger charge is 2.16. The molecule has 2 aromatic heterocycles. The number of nitrogens with zero attached hydrogens (tertiary/aromatic N) is 1. The molecular weight excluding hydrogens is 336 g/mol. The van der Waals surface area contributed by atoms with Gasteiger partial charge in [-0.3, -0.25) is 4.72 Å². The van der Waals surface area contributed by atoms with Crippen molar-refractivity contribution in [3.8, 4) is 0 Å². The number of pyridine rings is 1. The highest BCUT2D eigenvalue weighted by Crippen LogP contribution is 2.24. The summed E-state index contributed by atoms with van der Waals surface area (Å²) < 4.78 is 27.6. The van der Waals surface area contributed by atoms with Gasteiger partial charge >= 0.3 is 0 Å². The van der Waals surface area contributed by atoms with Crippen molar-refractivity contribution >= 4 is 43.0 Å². The average molecular weight is 347 g/mol. The molecule has 0 aromatic carbocycles. The number of nitrogens with one attached hydrogen (secondary N) is 1. The molecule has 0 aliphatic carbocycles. The van der Waals surface area contributed by atoms with E-state index in [4.69, 9.17) is 0 Å². The summed E-state index contributed by atoms with van der Waals surface area (Å²) >= 11 is 4.48. The first-order chi connectivity index (χ1) is 8.51. The summed E-state index contributed by atoms with van der Waals surface area (Å²) in [5.41, 5.74) is 0.449. The Labute approximate surface area is 118 Å². The topological polar surface area (TPSA) is 59.1 Å².